The third-order valence-corrected chi connectivity index (χ3v) is 4.43. The van der Waals surface area contributed by atoms with Crippen molar-refractivity contribution in [2.24, 2.45) is 5.73 Å². The van der Waals surface area contributed by atoms with Gasteiger partial charge in [0.25, 0.3) is 0 Å². The number of methoxy groups -OCH3 is 2. The van der Waals surface area contributed by atoms with Gasteiger partial charge in [0.2, 0.25) is 5.89 Å². The topological polar surface area (TPSA) is 90.7 Å². The van der Waals surface area contributed by atoms with Crippen LogP contribution in [0, 0.1) is 0 Å². The smallest absolute Gasteiger partial charge is 0.231 e. The molecular weight excluding hydrogens is 332 g/mol. The lowest BCUT2D eigenvalue weighted by Crippen LogP contribution is -2.40. The molecular formula is C20H24N2O4. The number of aromatic nitrogens is 1. The average molecular weight is 356 g/mol. The highest BCUT2D eigenvalue weighted by atomic mass is 16.5. The molecule has 6 heteroatoms. The number of ether oxygens (including phenoxy) is 2. The van der Waals surface area contributed by atoms with E-state index in [4.69, 9.17) is 19.6 Å². The largest absolute Gasteiger partial charge is 0.493 e. The molecule has 0 aliphatic carbocycles. The molecule has 1 heterocycles. The van der Waals surface area contributed by atoms with Gasteiger partial charge in [0.1, 0.15) is 5.52 Å². The number of aryl methyl sites for hydroxylation is 1. The van der Waals surface area contributed by atoms with E-state index >= 15 is 0 Å². The van der Waals surface area contributed by atoms with Crippen LogP contribution in [0.5, 0.6) is 11.5 Å². The summed E-state index contributed by atoms with van der Waals surface area (Å²) in [6.45, 7) is 1.80. The van der Waals surface area contributed by atoms with Crippen LogP contribution in [0.3, 0.4) is 0 Å². The Morgan fingerprint density at radius 1 is 1.19 bits per heavy atom. The van der Waals surface area contributed by atoms with Gasteiger partial charge in [0.05, 0.1) is 26.4 Å². The lowest BCUT2D eigenvalue weighted by atomic mass is 9.95. The first-order chi connectivity index (χ1) is 12.5. The molecule has 0 spiro atoms. The molecule has 1 atom stereocenters. The Labute approximate surface area is 152 Å². The summed E-state index contributed by atoms with van der Waals surface area (Å²) in [4.78, 5) is 4.61. The van der Waals surface area contributed by atoms with Crippen LogP contribution in [0.1, 0.15) is 18.9 Å². The maximum Gasteiger partial charge on any atom is 0.231 e. The zero-order chi connectivity index (χ0) is 18.7. The Balaban J connectivity index is 1.93. The highest BCUT2D eigenvalue weighted by Crippen LogP contribution is 2.38. The Kier molecular flexibility index (Phi) is 5.15. The van der Waals surface area contributed by atoms with Gasteiger partial charge >= 0.3 is 0 Å². The molecule has 0 amide bonds. The van der Waals surface area contributed by atoms with Gasteiger partial charge < -0.3 is 24.7 Å². The van der Waals surface area contributed by atoms with Crippen LogP contribution >= 0.6 is 0 Å². The summed E-state index contributed by atoms with van der Waals surface area (Å²) in [5, 5.41) is 9.29. The number of hydrogen-bond donors (Lipinski definition) is 2. The van der Waals surface area contributed by atoms with E-state index < -0.39 is 5.54 Å². The van der Waals surface area contributed by atoms with E-state index in [1.807, 2.05) is 43.3 Å². The fourth-order valence-corrected chi connectivity index (χ4v) is 2.81. The van der Waals surface area contributed by atoms with Gasteiger partial charge in [-0.15, -0.1) is 0 Å². The summed E-state index contributed by atoms with van der Waals surface area (Å²) in [6.07, 6.45) is 1.44. The van der Waals surface area contributed by atoms with E-state index in [0.29, 0.717) is 29.4 Å². The van der Waals surface area contributed by atoms with Gasteiger partial charge in [-0.3, -0.25) is 0 Å². The molecule has 0 aliphatic rings. The average Bonchev–Trinajstić information content (AvgIpc) is 3.08. The SMILES string of the molecule is COc1cccc(-c2nc3cc(CC[C@@](C)(N)CO)ccc3o2)c1OC. The second-order valence-corrected chi connectivity index (χ2v) is 6.67. The quantitative estimate of drug-likeness (QED) is 0.676. The number of benzene rings is 2. The highest BCUT2D eigenvalue weighted by Gasteiger charge is 2.18. The van der Waals surface area contributed by atoms with Crippen molar-refractivity contribution >= 4 is 11.1 Å². The van der Waals surface area contributed by atoms with Crippen molar-refractivity contribution in [1.82, 2.24) is 4.98 Å². The van der Waals surface area contributed by atoms with E-state index in [2.05, 4.69) is 4.98 Å². The predicted molar refractivity (Wildman–Crippen MR) is 101 cm³/mol. The summed E-state index contributed by atoms with van der Waals surface area (Å²) in [7, 11) is 3.19. The van der Waals surface area contributed by atoms with Crippen molar-refractivity contribution in [1.29, 1.82) is 0 Å². The summed E-state index contributed by atoms with van der Waals surface area (Å²) in [5.41, 5.74) is 8.72. The maximum atomic E-state index is 9.29. The van der Waals surface area contributed by atoms with Crippen molar-refractivity contribution in [3.63, 3.8) is 0 Å². The second-order valence-electron chi connectivity index (χ2n) is 6.67. The van der Waals surface area contributed by atoms with Crippen molar-refractivity contribution < 1.29 is 19.0 Å². The molecule has 0 unspecified atom stereocenters. The van der Waals surface area contributed by atoms with E-state index in [1.54, 1.807) is 14.2 Å². The van der Waals surface area contributed by atoms with Crippen LogP contribution in [-0.2, 0) is 6.42 Å². The number of nitrogens with zero attached hydrogens (tertiary/aromatic N) is 1. The van der Waals surface area contributed by atoms with Gasteiger partial charge in [0, 0.05) is 5.54 Å². The van der Waals surface area contributed by atoms with Crippen LogP contribution in [0.15, 0.2) is 40.8 Å². The molecule has 3 aromatic rings. The number of para-hydroxylation sites is 1. The molecule has 138 valence electrons. The van der Waals surface area contributed by atoms with Crippen molar-refractivity contribution in [2.75, 3.05) is 20.8 Å². The number of nitrogens with two attached hydrogens (primary N) is 1. The fraction of sp³-hybridized carbons (Fsp3) is 0.350. The van der Waals surface area contributed by atoms with Gasteiger partial charge in [-0.05, 0) is 49.6 Å². The van der Waals surface area contributed by atoms with Crippen molar-refractivity contribution in [3.05, 3.63) is 42.0 Å². The minimum absolute atomic E-state index is 0.0427. The Bertz CT molecular complexity index is 902. The third kappa shape index (κ3) is 3.66. The van der Waals surface area contributed by atoms with Crippen molar-refractivity contribution in [3.8, 4) is 23.0 Å². The number of hydrogen-bond acceptors (Lipinski definition) is 6. The number of aliphatic hydroxyl groups excluding tert-OH is 1. The Hall–Kier alpha value is -2.57. The number of oxazole rings is 1. The fourth-order valence-electron chi connectivity index (χ4n) is 2.81. The standard InChI is InChI=1S/C20H24N2O4/c1-20(21,12-23)10-9-13-7-8-16-15(11-13)22-19(26-16)14-5-4-6-17(24-2)18(14)25-3/h4-8,11,23H,9-10,12,21H2,1-3H3/t20-/m1/s1. The molecule has 1 aromatic heterocycles. The van der Waals surface area contributed by atoms with E-state index in [9.17, 15) is 5.11 Å². The first-order valence-electron chi connectivity index (χ1n) is 8.48. The number of rotatable bonds is 7. The Morgan fingerprint density at radius 2 is 2.00 bits per heavy atom. The monoisotopic (exact) mass is 356 g/mol. The van der Waals surface area contributed by atoms with E-state index in [1.165, 1.54) is 0 Å². The second kappa shape index (κ2) is 7.35. The van der Waals surface area contributed by atoms with Crippen LogP contribution in [0.2, 0.25) is 0 Å². The van der Waals surface area contributed by atoms with E-state index in [-0.39, 0.29) is 6.61 Å². The predicted octanol–water partition coefficient (Wildman–Crippen LogP) is 3.15. The van der Waals surface area contributed by atoms with Gasteiger partial charge in [0.15, 0.2) is 17.1 Å². The van der Waals surface area contributed by atoms with Gasteiger partial charge in [-0.25, -0.2) is 4.98 Å². The van der Waals surface area contributed by atoms with Gasteiger partial charge in [-0.1, -0.05) is 12.1 Å². The highest BCUT2D eigenvalue weighted by molar-refractivity contribution is 5.79. The summed E-state index contributed by atoms with van der Waals surface area (Å²) >= 11 is 0. The Morgan fingerprint density at radius 3 is 2.69 bits per heavy atom. The molecule has 6 nitrogen and oxygen atoms in total. The minimum atomic E-state index is -0.585. The summed E-state index contributed by atoms with van der Waals surface area (Å²) in [6, 6.07) is 11.5. The summed E-state index contributed by atoms with van der Waals surface area (Å²) in [5.74, 6) is 1.69. The molecule has 0 saturated carbocycles. The molecule has 26 heavy (non-hydrogen) atoms. The van der Waals surface area contributed by atoms with Crippen LogP contribution in [0.25, 0.3) is 22.6 Å². The van der Waals surface area contributed by atoms with Crippen LogP contribution in [-0.4, -0.2) is 36.5 Å². The molecule has 0 radical (unpaired) electrons. The zero-order valence-corrected chi connectivity index (χ0v) is 15.3. The molecule has 0 saturated heterocycles. The summed E-state index contributed by atoms with van der Waals surface area (Å²) < 4.78 is 16.7. The van der Waals surface area contributed by atoms with Crippen molar-refractivity contribution in [2.45, 2.75) is 25.3 Å². The first-order valence-corrected chi connectivity index (χ1v) is 8.48. The molecule has 0 bridgehead atoms. The number of aliphatic hydroxyl groups is 1. The third-order valence-electron chi connectivity index (χ3n) is 4.43. The lowest BCUT2D eigenvalue weighted by molar-refractivity contribution is 0.200. The molecule has 3 rings (SSSR count). The normalized spacial score (nSPS) is 13.6. The first kappa shape index (κ1) is 18.2. The molecule has 0 aliphatic heterocycles. The van der Waals surface area contributed by atoms with Crippen LogP contribution in [0.4, 0.5) is 0 Å². The number of fused-ring (bicyclic) bond motifs is 1. The van der Waals surface area contributed by atoms with Gasteiger partial charge in [-0.2, -0.15) is 0 Å². The minimum Gasteiger partial charge on any atom is -0.493 e. The lowest BCUT2D eigenvalue weighted by Gasteiger charge is -2.21. The van der Waals surface area contributed by atoms with E-state index in [0.717, 1.165) is 23.1 Å². The molecule has 0 fully saturated rings. The maximum absolute atomic E-state index is 9.29. The zero-order valence-electron chi connectivity index (χ0n) is 15.3. The van der Waals surface area contributed by atoms with Crippen LogP contribution < -0.4 is 15.2 Å². The molecule has 3 N–H and O–H groups in total. The molecule has 2 aromatic carbocycles.